The Morgan fingerprint density at radius 1 is 1.40 bits per heavy atom. The Kier molecular flexibility index (Phi) is 5.19. The highest BCUT2D eigenvalue weighted by Gasteiger charge is 2.24. The highest BCUT2D eigenvalue weighted by atomic mass is 16.5. The zero-order valence-corrected chi connectivity index (χ0v) is 15.3. The summed E-state index contributed by atoms with van der Waals surface area (Å²) in [4.78, 5) is 15.7. The van der Waals surface area contributed by atoms with Gasteiger partial charge in [0.15, 0.2) is 0 Å². The van der Waals surface area contributed by atoms with Gasteiger partial charge in [-0.3, -0.25) is 19.1 Å². The Hall–Kier alpha value is -2.19. The van der Waals surface area contributed by atoms with E-state index in [-0.39, 0.29) is 18.6 Å². The highest BCUT2D eigenvalue weighted by molar-refractivity contribution is 5.76. The third-order valence-electron chi connectivity index (χ3n) is 4.45. The SMILES string of the molecule is Cc1cc(CN2Cc3ccnn3CC(OCC(=O)N(C)C)C2)n(C)n1. The van der Waals surface area contributed by atoms with E-state index in [0.717, 1.165) is 36.7 Å². The zero-order valence-electron chi connectivity index (χ0n) is 15.3. The molecule has 0 aliphatic carbocycles. The molecule has 1 aliphatic heterocycles. The van der Waals surface area contributed by atoms with Crippen LogP contribution < -0.4 is 0 Å². The summed E-state index contributed by atoms with van der Waals surface area (Å²) >= 11 is 0. The van der Waals surface area contributed by atoms with Gasteiger partial charge in [0.25, 0.3) is 0 Å². The molecule has 1 amide bonds. The number of likely N-dealkylation sites (N-methyl/N-ethyl adjacent to an activating group) is 1. The predicted octanol–water partition coefficient (Wildman–Crippen LogP) is 0.414. The van der Waals surface area contributed by atoms with Crippen molar-refractivity contribution >= 4 is 5.91 Å². The molecule has 0 aromatic carbocycles. The fraction of sp³-hybridized carbons (Fsp3) is 0.588. The van der Waals surface area contributed by atoms with Crippen LogP contribution in [-0.2, 0) is 36.2 Å². The molecule has 0 N–H and O–H groups in total. The maximum absolute atomic E-state index is 11.8. The minimum absolute atomic E-state index is 0.0289. The van der Waals surface area contributed by atoms with Crippen LogP contribution in [0.2, 0.25) is 0 Å². The minimum Gasteiger partial charge on any atom is -0.365 e. The summed E-state index contributed by atoms with van der Waals surface area (Å²) < 4.78 is 9.79. The summed E-state index contributed by atoms with van der Waals surface area (Å²) in [6.07, 6.45) is 1.73. The quantitative estimate of drug-likeness (QED) is 0.785. The van der Waals surface area contributed by atoms with Crippen LogP contribution in [0.3, 0.4) is 0 Å². The van der Waals surface area contributed by atoms with Crippen molar-refractivity contribution in [3.05, 3.63) is 35.4 Å². The average Bonchev–Trinajstić information content (AvgIpc) is 3.06. The second-order valence-corrected chi connectivity index (χ2v) is 6.80. The van der Waals surface area contributed by atoms with Gasteiger partial charge in [0.2, 0.25) is 5.91 Å². The van der Waals surface area contributed by atoms with Crippen molar-refractivity contribution < 1.29 is 9.53 Å². The van der Waals surface area contributed by atoms with Crippen molar-refractivity contribution in [2.24, 2.45) is 7.05 Å². The van der Waals surface area contributed by atoms with Gasteiger partial charge in [0, 0.05) is 47.0 Å². The van der Waals surface area contributed by atoms with Crippen molar-refractivity contribution in [2.75, 3.05) is 27.2 Å². The molecular formula is C17H26N6O2. The maximum Gasteiger partial charge on any atom is 0.248 e. The lowest BCUT2D eigenvalue weighted by Gasteiger charge is -2.24. The number of amides is 1. The third kappa shape index (κ3) is 4.26. The van der Waals surface area contributed by atoms with Gasteiger partial charge in [-0.2, -0.15) is 10.2 Å². The molecule has 0 radical (unpaired) electrons. The fourth-order valence-corrected chi connectivity index (χ4v) is 3.08. The van der Waals surface area contributed by atoms with E-state index in [1.165, 1.54) is 0 Å². The molecule has 0 saturated heterocycles. The number of carbonyl (C=O) groups is 1. The molecule has 0 bridgehead atoms. The molecule has 8 nitrogen and oxygen atoms in total. The van der Waals surface area contributed by atoms with Gasteiger partial charge in [0.1, 0.15) is 6.61 Å². The van der Waals surface area contributed by atoms with E-state index in [0.29, 0.717) is 6.54 Å². The van der Waals surface area contributed by atoms with Crippen molar-refractivity contribution in [1.29, 1.82) is 0 Å². The summed E-state index contributed by atoms with van der Waals surface area (Å²) in [6.45, 7) is 5.07. The lowest BCUT2D eigenvalue weighted by molar-refractivity contribution is -0.136. The molecule has 136 valence electrons. The van der Waals surface area contributed by atoms with Crippen molar-refractivity contribution in [1.82, 2.24) is 29.4 Å². The van der Waals surface area contributed by atoms with E-state index in [2.05, 4.69) is 21.2 Å². The molecule has 3 rings (SSSR count). The first kappa shape index (κ1) is 17.6. The van der Waals surface area contributed by atoms with Gasteiger partial charge in [-0.25, -0.2) is 0 Å². The van der Waals surface area contributed by atoms with Gasteiger partial charge in [-0.05, 0) is 19.1 Å². The number of carbonyl (C=O) groups excluding carboxylic acids is 1. The lowest BCUT2D eigenvalue weighted by Crippen LogP contribution is -2.36. The van der Waals surface area contributed by atoms with Crippen molar-refractivity contribution in [3.63, 3.8) is 0 Å². The molecule has 25 heavy (non-hydrogen) atoms. The number of fused-ring (bicyclic) bond motifs is 1. The number of aryl methyl sites for hydroxylation is 2. The van der Waals surface area contributed by atoms with E-state index < -0.39 is 0 Å². The first-order chi connectivity index (χ1) is 11.9. The number of rotatable bonds is 5. The first-order valence-electron chi connectivity index (χ1n) is 8.46. The highest BCUT2D eigenvalue weighted by Crippen LogP contribution is 2.17. The monoisotopic (exact) mass is 346 g/mol. The van der Waals surface area contributed by atoms with E-state index in [1.807, 2.05) is 35.6 Å². The standard InChI is InChI=1S/C17H26N6O2/c1-13-7-15(21(4)19-13)9-22-8-14-5-6-18-23(14)11-16(10-22)25-12-17(24)20(2)3/h5-7,16H,8-12H2,1-4H3. The Morgan fingerprint density at radius 2 is 2.20 bits per heavy atom. The Morgan fingerprint density at radius 3 is 2.88 bits per heavy atom. The molecule has 0 saturated carbocycles. The molecule has 1 unspecified atom stereocenters. The first-order valence-corrected chi connectivity index (χ1v) is 8.46. The number of aromatic nitrogens is 4. The Labute approximate surface area is 148 Å². The van der Waals surface area contributed by atoms with Crippen LogP contribution in [0.5, 0.6) is 0 Å². The number of hydrogen-bond donors (Lipinski definition) is 0. The second-order valence-electron chi connectivity index (χ2n) is 6.80. The van der Waals surface area contributed by atoms with E-state index in [4.69, 9.17) is 4.74 Å². The molecule has 0 spiro atoms. The van der Waals surface area contributed by atoms with Crippen LogP contribution in [-0.4, -0.2) is 68.6 Å². The normalized spacial score (nSPS) is 18.0. The molecular weight excluding hydrogens is 320 g/mol. The van der Waals surface area contributed by atoms with Crippen LogP contribution in [0.25, 0.3) is 0 Å². The van der Waals surface area contributed by atoms with Crippen LogP contribution in [0.1, 0.15) is 17.1 Å². The molecule has 2 aromatic rings. The predicted molar refractivity (Wildman–Crippen MR) is 92.7 cm³/mol. The Balaban J connectivity index is 1.72. The fourth-order valence-electron chi connectivity index (χ4n) is 3.08. The molecule has 8 heteroatoms. The van der Waals surface area contributed by atoms with E-state index >= 15 is 0 Å². The van der Waals surface area contributed by atoms with Crippen LogP contribution in [0.15, 0.2) is 18.3 Å². The van der Waals surface area contributed by atoms with Crippen LogP contribution >= 0.6 is 0 Å². The van der Waals surface area contributed by atoms with Crippen LogP contribution in [0.4, 0.5) is 0 Å². The minimum atomic E-state index is -0.0839. The summed E-state index contributed by atoms with van der Waals surface area (Å²) in [7, 11) is 5.44. The molecule has 1 atom stereocenters. The van der Waals surface area contributed by atoms with E-state index in [9.17, 15) is 4.79 Å². The van der Waals surface area contributed by atoms with Gasteiger partial charge < -0.3 is 9.64 Å². The third-order valence-corrected chi connectivity index (χ3v) is 4.45. The van der Waals surface area contributed by atoms with Gasteiger partial charge >= 0.3 is 0 Å². The van der Waals surface area contributed by atoms with Crippen LogP contribution in [0, 0.1) is 6.92 Å². The molecule has 2 aromatic heterocycles. The summed E-state index contributed by atoms with van der Waals surface area (Å²) in [5.74, 6) is -0.0289. The Bertz CT molecular complexity index is 735. The molecule has 3 heterocycles. The maximum atomic E-state index is 11.8. The average molecular weight is 346 g/mol. The number of hydrogen-bond acceptors (Lipinski definition) is 5. The van der Waals surface area contributed by atoms with Gasteiger partial charge in [-0.1, -0.05) is 0 Å². The lowest BCUT2D eigenvalue weighted by atomic mass is 10.3. The van der Waals surface area contributed by atoms with Crippen molar-refractivity contribution in [3.8, 4) is 0 Å². The largest absolute Gasteiger partial charge is 0.365 e. The second kappa shape index (κ2) is 7.37. The van der Waals surface area contributed by atoms with Gasteiger partial charge in [0.05, 0.1) is 29.7 Å². The number of ether oxygens (including phenoxy) is 1. The van der Waals surface area contributed by atoms with Crippen molar-refractivity contribution in [2.45, 2.75) is 32.7 Å². The zero-order chi connectivity index (χ0) is 18.0. The van der Waals surface area contributed by atoms with Gasteiger partial charge in [-0.15, -0.1) is 0 Å². The summed E-state index contributed by atoms with van der Waals surface area (Å²) in [5, 5.41) is 8.81. The van der Waals surface area contributed by atoms with E-state index in [1.54, 1.807) is 19.0 Å². The summed E-state index contributed by atoms with van der Waals surface area (Å²) in [5.41, 5.74) is 3.33. The topological polar surface area (TPSA) is 68.4 Å². The number of nitrogens with zero attached hydrogens (tertiary/aromatic N) is 6. The molecule has 0 fully saturated rings. The smallest absolute Gasteiger partial charge is 0.248 e. The molecule has 1 aliphatic rings. The summed E-state index contributed by atoms with van der Waals surface area (Å²) in [6, 6.07) is 4.14.